The second-order valence-corrected chi connectivity index (χ2v) is 6.23. The van der Waals surface area contributed by atoms with E-state index in [-0.39, 0.29) is 0 Å². The first kappa shape index (κ1) is 12.2. The van der Waals surface area contributed by atoms with Gasteiger partial charge in [-0.1, -0.05) is 6.07 Å². The second-order valence-electron chi connectivity index (χ2n) is 6.23. The van der Waals surface area contributed by atoms with Crippen molar-refractivity contribution in [1.29, 1.82) is 0 Å². The van der Waals surface area contributed by atoms with Gasteiger partial charge in [-0.05, 0) is 50.8 Å². The van der Waals surface area contributed by atoms with Crippen molar-refractivity contribution < 1.29 is 4.42 Å². The van der Waals surface area contributed by atoms with Crippen LogP contribution < -0.4 is 0 Å². The molecule has 0 aromatic carbocycles. The fourth-order valence-electron chi connectivity index (χ4n) is 3.90. The summed E-state index contributed by atoms with van der Waals surface area (Å²) in [6.07, 6.45) is 10.9. The van der Waals surface area contributed by atoms with Crippen LogP contribution in [0.3, 0.4) is 0 Å². The third-order valence-electron chi connectivity index (χ3n) is 5.12. The molecule has 1 saturated carbocycles. The molecule has 20 heavy (non-hydrogen) atoms. The molecule has 3 nitrogen and oxygen atoms in total. The van der Waals surface area contributed by atoms with Gasteiger partial charge in [0.1, 0.15) is 0 Å². The van der Waals surface area contributed by atoms with Gasteiger partial charge in [-0.15, -0.1) is 0 Å². The normalized spacial score (nSPS) is 29.8. The standard InChI is InChI=1S/C17H20N2O/c1-19-15-4-2-12(8-15)9-17(19)16-5-3-13(10-18-16)14-6-7-20-11-14/h3,5-7,10-12,15,17H,2,4,8-9H2,1H3. The maximum Gasteiger partial charge on any atom is 0.0981 e. The maximum atomic E-state index is 5.13. The van der Waals surface area contributed by atoms with Crippen molar-refractivity contribution in [3.05, 3.63) is 42.6 Å². The van der Waals surface area contributed by atoms with E-state index in [2.05, 4.69) is 24.1 Å². The number of aromatic nitrogens is 1. The van der Waals surface area contributed by atoms with Gasteiger partial charge in [-0.25, -0.2) is 0 Å². The topological polar surface area (TPSA) is 29.3 Å². The van der Waals surface area contributed by atoms with E-state index in [0.717, 1.165) is 23.1 Å². The Balaban J connectivity index is 1.60. The van der Waals surface area contributed by atoms with E-state index < -0.39 is 0 Å². The van der Waals surface area contributed by atoms with Gasteiger partial charge in [0.15, 0.2) is 0 Å². The molecule has 2 aliphatic rings. The number of piperidine rings is 1. The van der Waals surface area contributed by atoms with Crippen molar-refractivity contribution in [2.24, 2.45) is 5.92 Å². The summed E-state index contributed by atoms with van der Waals surface area (Å²) < 4.78 is 5.13. The number of pyridine rings is 1. The molecule has 0 amide bonds. The molecule has 3 heterocycles. The average Bonchev–Trinajstić information content (AvgIpc) is 3.14. The van der Waals surface area contributed by atoms with Crippen LogP contribution in [0.25, 0.3) is 11.1 Å². The zero-order chi connectivity index (χ0) is 13.5. The first-order valence-corrected chi connectivity index (χ1v) is 7.52. The minimum atomic E-state index is 0.500. The highest BCUT2D eigenvalue weighted by molar-refractivity contribution is 5.60. The molecule has 104 valence electrons. The highest BCUT2D eigenvalue weighted by Gasteiger charge is 2.38. The zero-order valence-electron chi connectivity index (χ0n) is 11.8. The molecular weight excluding hydrogens is 248 g/mol. The Morgan fingerprint density at radius 3 is 2.85 bits per heavy atom. The Morgan fingerprint density at radius 1 is 1.15 bits per heavy atom. The summed E-state index contributed by atoms with van der Waals surface area (Å²) in [4.78, 5) is 7.27. The summed E-state index contributed by atoms with van der Waals surface area (Å²) in [5.41, 5.74) is 3.45. The van der Waals surface area contributed by atoms with Crippen molar-refractivity contribution in [3.63, 3.8) is 0 Å². The Hall–Kier alpha value is -1.61. The van der Waals surface area contributed by atoms with Gasteiger partial charge < -0.3 is 4.42 Å². The minimum absolute atomic E-state index is 0.500. The van der Waals surface area contributed by atoms with Crippen LogP contribution in [0.1, 0.15) is 37.4 Å². The van der Waals surface area contributed by atoms with E-state index in [9.17, 15) is 0 Å². The smallest absolute Gasteiger partial charge is 0.0981 e. The van der Waals surface area contributed by atoms with Crippen LogP contribution in [-0.4, -0.2) is 23.0 Å². The van der Waals surface area contributed by atoms with Crippen LogP contribution in [0, 0.1) is 5.92 Å². The zero-order valence-corrected chi connectivity index (χ0v) is 11.8. The molecule has 1 aliphatic heterocycles. The first-order valence-electron chi connectivity index (χ1n) is 7.52. The van der Waals surface area contributed by atoms with Crippen LogP contribution in [-0.2, 0) is 0 Å². The molecule has 1 saturated heterocycles. The van der Waals surface area contributed by atoms with Gasteiger partial charge in [0.25, 0.3) is 0 Å². The highest BCUT2D eigenvalue weighted by Crippen LogP contribution is 2.44. The minimum Gasteiger partial charge on any atom is -0.472 e. The summed E-state index contributed by atoms with van der Waals surface area (Å²) >= 11 is 0. The predicted molar refractivity (Wildman–Crippen MR) is 78.2 cm³/mol. The van der Waals surface area contributed by atoms with Gasteiger partial charge >= 0.3 is 0 Å². The van der Waals surface area contributed by atoms with Crippen LogP contribution in [0.2, 0.25) is 0 Å². The maximum absolute atomic E-state index is 5.13. The summed E-state index contributed by atoms with van der Waals surface area (Å²) in [5.74, 6) is 0.913. The Bertz CT molecular complexity index is 576. The van der Waals surface area contributed by atoms with E-state index in [1.807, 2.05) is 12.3 Å². The van der Waals surface area contributed by atoms with Crippen LogP contribution in [0.4, 0.5) is 0 Å². The lowest BCUT2D eigenvalue weighted by Gasteiger charge is -2.37. The number of nitrogens with zero attached hydrogens (tertiary/aromatic N) is 2. The number of rotatable bonds is 2. The van der Waals surface area contributed by atoms with Gasteiger partial charge in [0, 0.05) is 23.4 Å². The summed E-state index contributed by atoms with van der Waals surface area (Å²) in [6.45, 7) is 0. The highest BCUT2D eigenvalue weighted by atomic mass is 16.3. The molecule has 2 fully saturated rings. The largest absolute Gasteiger partial charge is 0.472 e. The Labute approximate surface area is 119 Å². The molecule has 3 heteroatoms. The van der Waals surface area contributed by atoms with E-state index >= 15 is 0 Å². The molecule has 0 N–H and O–H groups in total. The molecule has 4 rings (SSSR count). The molecule has 3 atom stereocenters. The molecular formula is C17H20N2O. The lowest BCUT2D eigenvalue weighted by Crippen LogP contribution is -2.37. The summed E-state index contributed by atoms with van der Waals surface area (Å²) in [6, 6.07) is 7.60. The fraction of sp³-hybridized carbons (Fsp3) is 0.471. The quantitative estimate of drug-likeness (QED) is 0.827. The van der Waals surface area contributed by atoms with Gasteiger partial charge in [-0.3, -0.25) is 9.88 Å². The second kappa shape index (κ2) is 4.74. The van der Waals surface area contributed by atoms with E-state index in [4.69, 9.17) is 9.40 Å². The SMILES string of the molecule is CN1C2CCC(C2)CC1c1ccc(-c2ccoc2)cn1. The summed E-state index contributed by atoms with van der Waals surface area (Å²) in [7, 11) is 2.27. The molecule has 1 aliphatic carbocycles. The molecule has 3 unspecified atom stereocenters. The third kappa shape index (κ3) is 1.97. The predicted octanol–water partition coefficient (Wildman–Crippen LogP) is 3.89. The Kier molecular flexibility index (Phi) is 2.88. The lowest BCUT2D eigenvalue weighted by molar-refractivity contribution is 0.116. The van der Waals surface area contributed by atoms with Crippen LogP contribution in [0.15, 0.2) is 41.3 Å². The van der Waals surface area contributed by atoms with E-state index in [1.54, 1.807) is 12.5 Å². The third-order valence-corrected chi connectivity index (χ3v) is 5.12. The van der Waals surface area contributed by atoms with Gasteiger partial charge in [0.2, 0.25) is 0 Å². The number of furan rings is 1. The van der Waals surface area contributed by atoms with Crippen LogP contribution >= 0.6 is 0 Å². The lowest BCUT2D eigenvalue weighted by atomic mass is 9.90. The number of hydrogen-bond donors (Lipinski definition) is 0. The molecule has 0 spiro atoms. The Morgan fingerprint density at radius 2 is 2.10 bits per heavy atom. The molecule has 2 bridgehead atoms. The van der Waals surface area contributed by atoms with Crippen molar-refractivity contribution in [2.75, 3.05) is 7.05 Å². The van der Waals surface area contributed by atoms with Crippen molar-refractivity contribution in [2.45, 2.75) is 37.8 Å². The first-order chi connectivity index (χ1) is 9.81. The van der Waals surface area contributed by atoms with Gasteiger partial charge in [-0.2, -0.15) is 0 Å². The van der Waals surface area contributed by atoms with Crippen molar-refractivity contribution in [1.82, 2.24) is 9.88 Å². The number of fused-ring (bicyclic) bond motifs is 2. The van der Waals surface area contributed by atoms with E-state index in [1.165, 1.54) is 31.4 Å². The van der Waals surface area contributed by atoms with Crippen molar-refractivity contribution >= 4 is 0 Å². The number of hydrogen-bond acceptors (Lipinski definition) is 3. The van der Waals surface area contributed by atoms with Crippen LogP contribution in [0.5, 0.6) is 0 Å². The monoisotopic (exact) mass is 268 g/mol. The average molecular weight is 268 g/mol. The summed E-state index contributed by atoms with van der Waals surface area (Å²) in [5, 5.41) is 0. The number of likely N-dealkylation sites (tertiary alicyclic amines) is 1. The molecule has 2 aromatic heterocycles. The molecule has 2 aromatic rings. The fourth-order valence-corrected chi connectivity index (χ4v) is 3.90. The van der Waals surface area contributed by atoms with E-state index in [0.29, 0.717) is 6.04 Å². The van der Waals surface area contributed by atoms with Crippen molar-refractivity contribution in [3.8, 4) is 11.1 Å². The van der Waals surface area contributed by atoms with Gasteiger partial charge in [0.05, 0.1) is 24.3 Å². The molecule has 0 radical (unpaired) electrons.